The van der Waals surface area contributed by atoms with Crippen LogP contribution >= 0.6 is 0 Å². The summed E-state index contributed by atoms with van der Waals surface area (Å²) >= 11 is 0. The van der Waals surface area contributed by atoms with Gasteiger partial charge in [-0.15, -0.1) is 0 Å². The highest BCUT2D eigenvalue weighted by Gasteiger charge is 2.31. The summed E-state index contributed by atoms with van der Waals surface area (Å²) in [6.07, 6.45) is 0. The van der Waals surface area contributed by atoms with Crippen molar-refractivity contribution in [2.45, 2.75) is 6.82 Å². The third-order valence-corrected chi connectivity index (χ3v) is 7.09. The predicted molar refractivity (Wildman–Crippen MR) is 147 cm³/mol. The summed E-state index contributed by atoms with van der Waals surface area (Å²) in [6.45, 7) is 2.66. The van der Waals surface area contributed by atoms with Crippen LogP contribution in [-0.4, -0.2) is 6.71 Å². The molecule has 4 heteroatoms. The lowest BCUT2D eigenvalue weighted by molar-refractivity contribution is 0.477. The van der Waals surface area contributed by atoms with Gasteiger partial charge < -0.3 is 14.5 Å². The second-order valence-corrected chi connectivity index (χ2v) is 9.06. The Balaban J connectivity index is 1.35. The molecule has 2 heterocycles. The van der Waals surface area contributed by atoms with Gasteiger partial charge in [-0.2, -0.15) is 0 Å². The monoisotopic (exact) mass is 450 g/mol. The molecular formula is C31H23BN2O. The first kappa shape index (κ1) is 20.0. The summed E-state index contributed by atoms with van der Waals surface area (Å²) in [5.41, 5.74) is 9.53. The van der Waals surface area contributed by atoms with Crippen molar-refractivity contribution in [1.82, 2.24) is 0 Å². The van der Waals surface area contributed by atoms with Crippen LogP contribution in [0.5, 0.6) is 11.5 Å². The van der Waals surface area contributed by atoms with Crippen LogP contribution < -0.4 is 25.5 Å². The van der Waals surface area contributed by atoms with E-state index in [1.54, 1.807) is 0 Å². The molecule has 0 amide bonds. The summed E-state index contributed by atoms with van der Waals surface area (Å²) < 4.78 is 6.19. The molecule has 0 unspecified atom stereocenters. The minimum atomic E-state index is 0.360. The zero-order valence-corrected chi connectivity index (χ0v) is 19.4. The van der Waals surface area contributed by atoms with Crippen LogP contribution in [0.25, 0.3) is 0 Å². The van der Waals surface area contributed by atoms with Gasteiger partial charge >= 0.3 is 0 Å². The standard InChI is InChI=1S/C31H23BN2O/c1-32-24-10-2-4-12-26(24)33(27-13-5-3-11-25(27)32)22-18-20-23(21-19-22)34-28-14-6-8-16-30(28)35-31-17-9-7-15-29(31)34/h2-21H,1H3. The molecule has 2 aliphatic rings. The van der Waals surface area contributed by atoms with Gasteiger partial charge in [0.2, 0.25) is 6.71 Å². The summed E-state index contributed by atoms with van der Waals surface area (Å²) in [4.78, 5) is 4.66. The SMILES string of the molecule is CB1c2ccccc2N(c2ccc(N3c4ccccc4Oc4ccccc43)cc2)c2ccccc21. The molecule has 0 radical (unpaired) electrons. The molecule has 0 saturated carbocycles. The Labute approximate surface area is 205 Å². The fourth-order valence-electron chi connectivity index (χ4n) is 5.42. The van der Waals surface area contributed by atoms with Crippen LogP contribution in [0.2, 0.25) is 6.82 Å². The maximum Gasteiger partial charge on any atom is 0.211 e. The molecule has 2 aliphatic heterocycles. The van der Waals surface area contributed by atoms with Gasteiger partial charge in [-0.1, -0.05) is 78.4 Å². The van der Waals surface area contributed by atoms with Gasteiger partial charge in [-0.05, 0) is 60.7 Å². The van der Waals surface area contributed by atoms with Crippen molar-refractivity contribution < 1.29 is 4.74 Å². The average Bonchev–Trinajstić information content (AvgIpc) is 2.92. The van der Waals surface area contributed by atoms with Gasteiger partial charge in [0, 0.05) is 22.7 Å². The van der Waals surface area contributed by atoms with E-state index in [4.69, 9.17) is 4.74 Å². The number of fused-ring (bicyclic) bond motifs is 4. The van der Waals surface area contributed by atoms with Crippen molar-refractivity contribution in [3.05, 3.63) is 121 Å². The zero-order valence-electron chi connectivity index (χ0n) is 19.4. The highest BCUT2D eigenvalue weighted by Crippen LogP contribution is 2.50. The fraction of sp³-hybridized carbons (Fsp3) is 0.0323. The Morgan fingerprint density at radius 2 is 0.829 bits per heavy atom. The molecule has 0 aliphatic carbocycles. The molecule has 35 heavy (non-hydrogen) atoms. The van der Waals surface area contributed by atoms with E-state index in [1.807, 2.05) is 24.3 Å². The van der Waals surface area contributed by atoms with E-state index in [2.05, 4.69) is 114 Å². The molecule has 5 aromatic carbocycles. The smallest absolute Gasteiger partial charge is 0.211 e. The molecular weight excluding hydrogens is 427 g/mol. The molecule has 0 spiro atoms. The Bertz CT molecular complexity index is 1470. The zero-order chi connectivity index (χ0) is 23.4. The molecule has 7 rings (SSSR count). The van der Waals surface area contributed by atoms with Crippen molar-refractivity contribution in [3.63, 3.8) is 0 Å². The summed E-state index contributed by atoms with van der Waals surface area (Å²) in [7, 11) is 0. The molecule has 0 saturated heterocycles. The van der Waals surface area contributed by atoms with Crippen LogP contribution in [0.1, 0.15) is 0 Å². The van der Waals surface area contributed by atoms with Crippen LogP contribution in [0.4, 0.5) is 34.1 Å². The normalized spacial score (nSPS) is 13.3. The topological polar surface area (TPSA) is 15.7 Å². The van der Waals surface area contributed by atoms with E-state index in [9.17, 15) is 0 Å². The first-order chi connectivity index (χ1) is 17.3. The largest absolute Gasteiger partial charge is 0.453 e. The van der Waals surface area contributed by atoms with Gasteiger partial charge in [0.05, 0.1) is 11.4 Å². The van der Waals surface area contributed by atoms with Gasteiger partial charge in [-0.25, -0.2) is 0 Å². The first-order valence-corrected chi connectivity index (χ1v) is 12.0. The first-order valence-electron chi connectivity index (χ1n) is 12.0. The Hall–Kier alpha value is -4.44. The second-order valence-electron chi connectivity index (χ2n) is 9.06. The van der Waals surface area contributed by atoms with Crippen molar-refractivity contribution in [1.29, 1.82) is 0 Å². The summed E-state index contributed by atoms with van der Waals surface area (Å²) in [5.74, 6) is 1.73. The molecule has 5 aromatic rings. The Kier molecular flexibility index (Phi) is 4.46. The number of hydrogen-bond acceptors (Lipinski definition) is 3. The number of hydrogen-bond donors (Lipinski definition) is 0. The van der Waals surface area contributed by atoms with Gasteiger partial charge in [0.1, 0.15) is 0 Å². The van der Waals surface area contributed by atoms with E-state index in [0.29, 0.717) is 6.71 Å². The van der Waals surface area contributed by atoms with E-state index in [1.165, 1.54) is 22.3 Å². The van der Waals surface area contributed by atoms with Crippen molar-refractivity contribution in [3.8, 4) is 11.5 Å². The van der Waals surface area contributed by atoms with E-state index >= 15 is 0 Å². The molecule has 0 N–H and O–H groups in total. The molecule has 0 bridgehead atoms. The fourth-order valence-corrected chi connectivity index (χ4v) is 5.42. The van der Waals surface area contributed by atoms with Crippen LogP contribution in [0.15, 0.2) is 121 Å². The molecule has 0 fully saturated rings. The van der Waals surface area contributed by atoms with E-state index in [-0.39, 0.29) is 0 Å². The minimum absolute atomic E-state index is 0.360. The predicted octanol–water partition coefficient (Wildman–Crippen LogP) is 7.28. The Morgan fingerprint density at radius 1 is 0.457 bits per heavy atom. The third kappa shape index (κ3) is 3.07. The number of benzene rings is 5. The van der Waals surface area contributed by atoms with Gasteiger partial charge in [-0.3, -0.25) is 0 Å². The minimum Gasteiger partial charge on any atom is -0.453 e. The molecule has 0 atom stereocenters. The summed E-state index contributed by atoms with van der Waals surface area (Å²) in [5, 5.41) is 0. The highest BCUT2D eigenvalue weighted by molar-refractivity contribution is 6.87. The number of anilines is 6. The van der Waals surface area contributed by atoms with Crippen molar-refractivity contribution in [2.24, 2.45) is 0 Å². The lowest BCUT2D eigenvalue weighted by atomic mass is 9.40. The number of nitrogens with zero attached hydrogens (tertiary/aromatic N) is 2. The average molecular weight is 450 g/mol. The van der Waals surface area contributed by atoms with Gasteiger partial charge in [0.15, 0.2) is 11.5 Å². The molecule has 3 nitrogen and oxygen atoms in total. The lowest BCUT2D eigenvalue weighted by Crippen LogP contribution is -2.47. The lowest BCUT2D eigenvalue weighted by Gasteiger charge is -2.36. The van der Waals surface area contributed by atoms with E-state index in [0.717, 1.165) is 34.2 Å². The van der Waals surface area contributed by atoms with Crippen LogP contribution in [0, 0.1) is 0 Å². The maximum absolute atomic E-state index is 6.19. The quantitative estimate of drug-likeness (QED) is 0.258. The highest BCUT2D eigenvalue weighted by atomic mass is 16.5. The van der Waals surface area contributed by atoms with Crippen molar-refractivity contribution >= 4 is 51.8 Å². The number of para-hydroxylation sites is 6. The third-order valence-electron chi connectivity index (χ3n) is 7.09. The van der Waals surface area contributed by atoms with E-state index < -0.39 is 0 Å². The molecule has 166 valence electrons. The number of rotatable bonds is 2. The second kappa shape index (κ2) is 7.81. The molecule has 0 aromatic heterocycles. The van der Waals surface area contributed by atoms with Crippen LogP contribution in [-0.2, 0) is 0 Å². The number of ether oxygens (including phenoxy) is 1. The summed E-state index contributed by atoms with van der Waals surface area (Å²) in [6, 6.07) is 42.7. The Morgan fingerprint density at radius 3 is 1.31 bits per heavy atom. The maximum atomic E-state index is 6.19. The van der Waals surface area contributed by atoms with Crippen molar-refractivity contribution in [2.75, 3.05) is 9.80 Å². The van der Waals surface area contributed by atoms with Gasteiger partial charge in [0.25, 0.3) is 0 Å². The van der Waals surface area contributed by atoms with Crippen LogP contribution in [0.3, 0.4) is 0 Å².